The van der Waals surface area contributed by atoms with Gasteiger partial charge < -0.3 is 14.6 Å². The van der Waals surface area contributed by atoms with Crippen LogP contribution in [0.2, 0.25) is 0 Å². The predicted molar refractivity (Wildman–Crippen MR) is 354 cm³/mol. The average Bonchev–Trinajstić information content (AvgIpc) is 3.40. The summed E-state index contributed by atoms with van der Waals surface area (Å²) in [4.78, 5) is 0. The van der Waals surface area contributed by atoms with Crippen molar-refractivity contribution >= 4 is 0 Å². The summed E-state index contributed by atoms with van der Waals surface area (Å²) in [5, 5.41) is 12.3. The van der Waals surface area contributed by atoms with Crippen LogP contribution in [0.15, 0.2) is 42.0 Å². The Morgan fingerprint density at radius 3 is 1.25 bits per heavy atom. The molecular weight excluding hydrogens is 961 g/mol. The molecule has 0 spiro atoms. The molecular formula is C76H142O3. The topological polar surface area (TPSA) is 38.7 Å². The van der Waals surface area contributed by atoms with Gasteiger partial charge in [0.05, 0.1) is 12.7 Å². The number of allylic oxidation sites excluding steroid dienone is 4. The van der Waals surface area contributed by atoms with Crippen molar-refractivity contribution in [3.05, 3.63) is 47.6 Å². The van der Waals surface area contributed by atoms with E-state index in [1.54, 1.807) is 7.11 Å². The fraction of sp³-hybridized carbons (Fsp3) is 0.868. The molecule has 464 valence electrons. The van der Waals surface area contributed by atoms with Crippen LogP contribution in [0.25, 0.3) is 0 Å². The summed E-state index contributed by atoms with van der Waals surface area (Å²) < 4.78 is 12.8. The van der Waals surface area contributed by atoms with Crippen LogP contribution in [-0.4, -0.2) is 23.9 Å². The Morgan fingerprint density at radius 2 is 0.823 bits per heavy atom. The Morgan fingerprint density at radius 1 is 0.443 bits per heavy atom. The maximum Gasteiger partial charge on any atom is 0.127 e. The summed E-state index contributed by atoms with van der Waals surface area (Å²) in [6.45, 7) is 25.9. The smallest absolute Gasteiger partial charge is 0.127 e. The van der Waals surface area contributed by atoms with Gasteiger partial charge in [-0.25, -0.2) is 0 Å². The van der Waals surface area contributed by atoms with Gasteiger partial charge in [0.25, 0.3) is 0 Å². The molecule has 0 bridgehead atoms. The zero-order valence-electron chi connectivity index (χ0n) is 55.8. The number of hydrogen-bond donors (Lipinski definition) is 1. The van der Waals surface area contributed by atoms with Crippen LogP contribution in [0.4, 0.5) is 0 Å². The van der Waals surface area contributed by atoms with Crippen molar-refractivity contribution < 1.29 is 14.6 Å². The lowest BCUT2D eigenvalue weighted by Gasteiger charge is -2.34. The van der Waals surface area contributed by atoms with Gasteiger partial charge in [-0.1, -0.05) is 311 Å². The van der Waals surface area contributed by atoms with Crippen LogP contribution < -0.4 is 9.47 Å². The molecule has 1 N–H and O–H groups in total. The van der Waals surface area contributed by atoms with E-state index in [0.717, 1.165) is 73.2 Å². The molecule has 1 rings (SSSR count). The molecule has 6 atom stereocenters. The second kappa shape index (κ2) is 51.9. The molecule has 0 amide bonds. The van der Waals surface area contributed by atoms with Gasteiger partial charge in [0.1, 0.15) is 17.6 Å². The zero-order valence-corrected chi connectivity index (χ0v) is 55.8. The standard InChI is InChI=1S/C76H142O3/c1-13-14-15-16-17-18-19-20-21-22-23-24-25-26-27-28-29-30-31-32-33-34-35-36-37-38-39-59-72-62-73(78-12)64-74(63-72)79-75(76(11,77)61-46-58-71(10)56-44-52-68(7)50-41-48-66(4)5)60-45-57-70(9)55-43-54-69(8)53-42-51-67(6)49-40-47-65(2)3/h20-21,57,62-69,71,75,77H,13-19,22-56,58-61H2,1-12H3/b21-20-,70-57+/t67-,68-,69-,71-,75?,76?/m1/s1. The van der Waals surface area contributed by atoms with E-state index < -0.39 is 5.60 Å². The summed E-state index contributed by atoms with van der Waals surface area (Å²) in [5.74, 6) is 6.55. The lowest BCUT2D eigenvalue weighted by molar-refractivity contribution is -0.0585. The number of ether oxygens (including phenoxy) is 2. The van der Waals surface area contributed by atoms with E-state index in [-0.39, 0.29) is 6.10 Å². The third-order valence-corrected chi connectivity index (χ3v) is 18.2. The van der Waals surface area contributed by atoms with E-state index >= 15 is 0 Å². The Bertz CT molecular complexity index is 1520. The van der Waals surface area contributed by atoms with Crippen LogP contribution >= 0.6 is 0 Å². The number of unbranched alkanes of at least 4 members (excludes halogenated alkanes) is 23. The molecule has 79 heavy (non-hydrogen) atoms. The Balaban J connectivity index is 2.55. The molecule has 0 aliphatic rings. The summed E-state index contributed by atoms with van der Waals surface area (Å²) in [5.41, 5.74) is 1.86. The van der Waals surface area contributed by atoms with Crippen LogP contribution in [0.3, 0.4) is 0 Å². The molecule has 0 saturated carbocycles. The van der Waals surface area contributed by atoms with E-state index in [0.29, 0.717) is 5.92 Å². The van der Waals surface area contributed by atoms with Crippen molar-refractivity contribution in [2.45, 2.75) is 383 Å². The number of rotatable bonds is 58. The first-order chi connectivity index (χ1) is 38.1. The van der Waals surface area contributed by atoms with Gasteiger partial charge in [0, 0.05) is 6.07 Å². The Hall–Kier alpha value is -1.74. The van der Waals surface area contributed by atoms with Crippen molar-refractivity contribution in [3.63, 3.8) is 0 Å². The van der Waals surface area contributed by atoms with E-state index in [1.807, 2.05) is 13.0 Å². The highest BCUT2D eigenvalue weighted by Crippen LogP contribution is 2.32. The third kappa shape index (κ3) is 47.3. The number of methoxy groups -OCH3 is 1. The Labute approximate surface area is 497 Å². The third-order valence-electron chi connectivity index (χ3n) is 18.2. The van der Waals surface area contributed by atoms with Gasteiger partial charge in [0.15, 0.2) is 0 Å². The average molecular weight is 1100 g/mol. The van der Waals surface area contributed by atoms with Crippen LogP contribution in [0.1, 0.15) is 371 Å². The lowest BCUT2D eigenvalue weighted by atomic mass is 9.86. The maximum atomic E-state index is 12.3. The minimum atomic E-state index is -0.916. The highest BCUT2D eigenvalue weighted by Gasteiger charge is 2.33. The van der Waals surface area contributed by atoms with E-state index in [4.69, 9.17) is 9.47 Å². The number of benzene rings is 1. The molecule has 0 radical (unpaired) electrons. The summed E-state index contributed by atoms with van der Waals surface area (Å²) in [7, 11) is 1.77. The van der Waals surface area contributed by atoms with E-state index in [9.17, 15) is 5.11 Å². The minimum absolute atomic E-state index is 0.284. The van der Waals surface area contributed by atoms with Gasteiger partial charge in [-0.15, -0.1) is 0 Å². The molecule has 0 aliphatic carbocycles. The number of aryl methyl sites for hydroxylation is 1. The maximum absolute atomic E-state index is 12.3. The fourth-order valence-electron chi connectivity index (χ4n) is 12.4. The van der Waals surface area contributed by atoms with Gasteiger partial charge in [-0.2, -0.15) is 0 Å². The van der Waals surface area contributed by atoms with Gasteiger partial charge in [0.2, 0.25) is 0 Å². The van der Waals surface area contributed by atoms with Gasteiger partial charge >= 0.3 is 0 Å². The first-order valence-electron chi connectivity index (χ1n) is 35.5. The molecule has 0 aliphatic heterocycles. The van der Waals surface area contributed by atoms with Crippen LogP contribution in [0, 0.1) is 35.5 Å². The van der Waals surface area contributed by atoms with E-state index in [1.165, 1.54) is 274 Å². The summed E-state index contributed by atoms with van der Waals surface area (Å²) in [6, 6.07) is 6.49. The Kier molecular flexibility index (Phi) is 49.4. The second-order valence-corrected chi connectivity index (χ2v) is 27.9. The van der Waals surface area contributed by atoms with Crippen molar-refractivity contribution in [1.29, 1.82) is 0 Å². The highest BCUT2D eigenvalue weighted by atomic mass is 16.5. The largest absolute Gasteiger partial charge is 0.497 e. The molecule has 0 aromatic heterocycles. The zero-order chi connectivity index (χ0) is 58.0. The quantitative estimate of drug-likeness (QED) is 0.0522. The molecule has 0 fully saturated rings. The first-order valence-corrected chi connectivity index (χ1v) is 35.5. The molecule has 3 nitrogen and oxygen atoms in total. The highest BCUT2D eigenvalue weighted by molar-refractivity contribution is 5.39. The van der Waals surface area contributed by atoms with Gasteiger partial charge in [-0.05, 0) is 138 Å². The van der Waals surface area contributed by atoms with E-state index in [2.05, 4.69) is 99.6 Å². The number of hydrogen-bond acceptors (Lipinski definition) is 3. The number of aliphatic hydroxyl groups is 1. The fourth-order valence-corrected chi connectivity index (χ4v) is 12.4. The van der Waals surface area contributed by atoms with Crippen LogP contribution in [0.5, 0.6) is 11.5 Å². The lowest BCUT2D eigenvalue weighted by Crippen LogP contribution is -2.43. The molecule has 2 unspecified atom stereocenters. The normalized spacial score (nSPS) is 15.1. The molecule has 0 saturated heterocycles. The predicted octanol–water partition coefficient (Wildman–Crippen LogP) is 25.7. The molecule has 0 heterocycles. The van der Waals surface area contributed by atoms with Crippen molar-refractivity contribution in [2.75, 3.05) is 7.11 Å². The molecule has 3 heteroatoms. The summed E-state index contributed by atoms with van der Waals surface area (Å²) >= 11 is 0. The van der Waals surface area contributed by atoms with Crippen molar-refractivity contribution in [3.8, 4) is 11.5 Å². The molecule has 1 aromatic carbocycles. The first kappa shape index (κ1) is 75.3. The minimum Gasteiger partial charge on any atom is -0.497 e. The van der Waals surface area contributed by atoms with Gasteiger partial charge in [-0.3, -0.25) is 0 Å². The second-order valence-electron chi connectivity index (χ2n) is 27.9. The van der Waals surface area contributed by atoms with Crippen molar-refractivity contribution in [2.24, 2.45) is 35.5 Å². The monoisotopic (exact) mass is 1100 g/mol. The summed E-state index contributed by atoms with van der Waals surface area (Å²) in [6.07, 6.45) is 67.6. The SMILES string of the molecule is CCCCCCCC/C=C\CCCCCCCCCCCCCCCCCCCc1cc(OC)cc(OC(CC/C=C(\C)CCC[C@H](C)CCC[C@H](C)CCCC(C)C)C(C)(O)CCC[C@H](C)CCC[C@H](C)CCCC(C)C)c1. The van der Waals surface area contributed by atoms with Crippen LogP contribution in [-0.2, 0) is 6.42 Å². The van der Waals surface area contributed by atoms with Crippen molar-refractivity contribution in [1.82, 2.24) is 0 Å². The molecule has 1 aromatic rings.